The summed E-state index contributed by atoms with van der Waals surface area (Å²) in [5, 5.41) is 0.722. The van der Waals surface area contributed by atoms with Gasteiger partial charge in [-0.3, -0.25) is 0 Å². The topological polar surface area (TPSA) is 35.2 Å². The predicted molar refractivity (Wildman–Crippen MR) is 73.3 cm³/mol. The highest BCUT2D eigenvalue weighted by molar-refractivity contribution is 6.30. The lowest BCUT2D eigenvalue weighted by atomic mass is 10.0. The Morgan fingerprint density at radius 3 is 2.59 bits per heavy atom. The molecule has 0 aromatic heterocycles. The van der Waals surface area contributed by atoms with E-state index in [9.17, 15) is 0 Å². The monoisotopic (exact) mass is 255 g/mol. The largest absolute Gasteiger partial charge is 0.369 e. The zero-order valence-corrected chi connectivity index (χ0v) is 11.6. The Morgan fingerprint density at radius 2 is 2.06 bits per heavy atom. The predicted octanol–water partition coefficient (Wildman–Crippen LogP) is 3.93. The number of halogens is 1. The maximum Gasteiger partial charge on any atom is 0.0977 e. The maximum absolute atomic E-state index is 6.01. The molecule has 3 heteroatoms. The van der Waals surface area contributed by atoms with Gasteiger partial charge in [0.25, 0.3) is 0 Å². The van der Waals surface area contributed by atoms with Gasteiger partial charge in [0, 0.05) is 11.1 Å². The maximum atomic E-state index is 6.01. The van der Waals surface area contributed by atoms with Crippen LogP contribution in [0.3, 0.4) is 0 Å². The molecule has 96 valence electrons. The minimum atomic E-state index is -0.0877. The first-order chi connectivity index (χ1) is 8.04. The van der Waals surface area contributed by atoms with E-state index in [4.69, 9.17) is 22.1 Å². The van der Waals surface area contributed by atoms with Gasteiger partial charge in [-0.1, -0.05) is 37.1 Å². The molecule has 0 heterocycles. The van der Waals surface area contributed by atoms with Gasteiger partial charge in [0.05, 0.1) is 12.2 Å². The molecule has 0 amide bonds. The Morgan fingerprint density at radius 1 is 1.35 bits per heavy atom. The van der Waals surface area contributed by atoms with Gasteiger partial charge in [-0.15, -0.1) is 0 Å². The lowest BCUT2D eigenvalue weighted by molar-refractivity contribution is -0.0186. The van der Waals surface area contributed by atoms with Crippen molar-refractivity contribution in [3.05, 3.63) is 34.9 Å². The smallest absolute Gasteiger partial charge is 0.0977 e. The van der Waals surface area contributed by atoms with Gasteiger partial charge in [-0.05, 0) is 38.0 Å². The molecule has 0 radical (unpaired) electrons. The first kappa shape index (κ1) is 14.5. The Balaban J connectivity index is 2.79. The van der Waals surface area contributed by atoms with Crippen LogP contribution in [0.2, 0.25) is 5.02 Å². The summed E-state index contributed by atoms with van der Waals surface area (Å²) in [7, 11) is 0. The van der Waals surface area contributed by atoms with Gasteiger partial charge in [0.15, 0.2) is 0 Å². The minimum absolute atomic E-state index is 0.0484. The summed E-state index contributed by atoms with van der Waals surface area (Å²) < 4.78 is 6.01. The molecule has 1 aromatic carbocycles. The van der Waals surface area contributed by atoms with Crippen molar-refractivity contribution in [1.82, 2.24) is 0 Å². The summed E-state index contributed by atoms with van der Waals surface area (Å²) in [6, 6.07) is 7.68. The molecule has 0 saturated carbocycles. The van der Waals surface area contributed by atoms with E-state index in [0.717, 1.165) is 23.4 Å². The van der Waals surface area contributed by atoms with E-state index in [1.807, 2.05) is 31.2 Å². The van der Waals surface area contributed by atoms with Crippen molar-refractivity contribution in [3.63, 3.8) is 0 Å². The average molecular weight is 256 g/mol. The third-order valence-corrected chi connectivity index (χ3v) is 2.96. The summed E-state index contributed by atoms with van der Waals surface area (Å²) in [6.07, 6.45) is 2.29. The van der Waals surface area contributed by atoms with Crippen molar-refractivity contribution in [2.24, 2.45) is 5.73 Å². The van der Waals surface area contributed by atoms with Gasteiger partial charge in [-0.25, -0.2) is 0 Å². The van der Waals surface area contributed by atoms with Crippen LogP contribution in [0, 0.1) is 0 Å². The van der Waals surface area contributed by atoms with Gasteiger partial charge in [-0.2, -0.15) is 0 Å². The van der Waals surface area contributed by atoms with Crippen LogP contribution in [0.1, 0.15) is 45.3 Å². The van der Waals surface area contributed by atoms with Gasteiger partial charge in [0.2, 0.25) is 0 Å². The first-order valence-corrected chi connectivity index (χ1v) is 6.59. The molecule has 1 rings (SSSR count). The van der Waals surface area contributed by atoms with Crippen LogP contribution in [0.4, 0.5) is 0 Å². The molecule has 1 aromatic rings. The molecule has 0 bridgehead atoms. The van der Waals surface area contributed by atoms with E-state index in [0.29, 0.717) is 0 Å². The Labute approximate surface area is 109 Å². The first-order valence-electron chi connectivity index (χ1n) is 6.21. The van der Waals surface area contributed by atoms with Crippen molar-refractivity contribution < 1.29 is 4.74 Å². The van der Waals surface area contributed by atoms with Crippen LogP contribution >= 0.6 is 11.6 Å². The van der Waals surface area contributed by atoms with E-state index < -0.39 is 0 Å². The van der Waals surface area contributed by atoms with E-state index in [1.54, 1.807) is 0 Å². The number of nitrogens with two attached hydrogens (primary N) is 1. The zero-order valence-electron chi connectivity index (χ0n) is 10.8. The lowest BCUT2D eigenvalue weighted by Crippen LogP contribution is -2.29. The van der Waals surface area contributed by atoms with E-state index in [-0.39, 0.29) is 18.2 Å². The quantitative estimate of drug-likeness (QED) is 0.836. The number of hydrogen-bond acceptors (Lipinski definition) is 2. The van der Waals surface area contributed by atoms with Crippen molar-refractivity contribution in [1.29, 1.82) is 0 Å². The van der Waals surface area contributed by atoms with Crippen LogP contribution in [0.25, 0.3) is 0 Å². The summed E-state index contributed by atoms with van der Waals surface area (Å²) in [5.41, 5.74) is 7.05. The molecule has 3 atom stereocenters. The van der Waals surface area contributed by atoms with Crippen LogP contribution < -0.4 is 5.73 Å². The number of ether oxygens (including phenoxy) is 1. The molecule has 3 unspecified atom stereocenters. The fraction of sp³-hybridized carbons (Fsp3) is 0.571. The van der Waals surface area contributed by atoms with Gasteiger partial charge >= 0.3 is 0 Å². The highest BCUT2D eigenvalue weighted by Gasteiger charge is 2.19. The summed E-state index contributed by atoms with van der Waals surface area (Å²) in [4.78, 5) is 0. The van der Waals surface area contributed by atoms with E-state index in [2.05, 4.69) is 13.8 Å². The molecule has 0 fully saturated rings. The Bertz CT molecular complexity index is 341. The van der Waals surface area contributed by atoms with Gasteiger partial charge < -0.3 is 10.5 Å². The zero-order chi connectivity index (χ0) is 12.8. The van der Waals surface area contributed by atoms with Crippen LogP contribution in [-0.2, 0) is 4.74 Å². The molecule has 2 N–H and O–H groups in total. The third-order valence-electron chi connectivity index (χ3n) is 2.73. The van der Waals surface area contributed by atoms with Crippen LogP contribution in [-0.4, -0.2) is 12.1 Å². The van der Waals surface area contributed by atoms with Crippen LogP contribution in [0.15, 0.2) is 24.3 Å². The second-order valence-corrected chi connectivity index (χ2v) is 5.01. The standard InChI is InChI=1S/C14H22ClNO/c1-4-6-10(2)17-14(11(3)16)12-7-5-8-13(15)9-12/h5,7-11,14H,4,6,16H2,1-3H3. The van der Waals surface area contributed by atoms with Crippen molar-refractivity contribution in [2.45, 2.75) is 51.9 Å². The molecular formula is C14H22ClNO. The number of rotatable bonds is 6. The number of benzene rings is 1. The lowest BCUT2D eigenvalue weighted by Gasteiger charge is -2.26. The molecule has 0 saturated heterocycles. The summed E-state index contributed by atoms with van der Waals surface area (Å²) in [5.74, 6) is 0. The second kappa shape index (κ2) is 7.00. The molecule has 0 spiro atoms. The minimum Gasteiger partial charge on any atom is -0.369 e. The SMILES string of the molecule is CCCC(C)OC(c1cccc(Cl)c1)C(C)N. The Hall–Kier alpha value is -0.570. The van der Waals surface area contributed by atoms with Crippen LogP contribution in [0.5, 0.6) is 0 Å². The van der Waals surface area contributed by atoms with Crippen molar-refractivity contribution in [3.8, 4) is 0 Å². The van der Waals surface area contributed by atoms with Crippen molar-refractivity contribution in [2.75, 3.05) is 0 Å². The fourth-order valence-electron chi connectivity index (χ4n) is 1.91. The highest BCUT2D eigenvalue weighted by Crippen LogP contribution is 2.25. The molecular weight excluding hydrogens is 234 g/mol. The van der Waals surface area contributed by atoms with E-state index in [1.165, 1.54) is 0 Å². The molecule has 0 aliphatic heterocycles. The van der Waals surface area contributed by atoms with E-state index >= 15 is 0 Å². The second-order valence-electron chi connectivity index (χ2n) is 4.57. The summed E-state index contributed by atoms with van der Waals surface area (Å²) in [6.45, 7) is 6.20. The molecule has 0 aliphatic rings. The van der Waals surface area contributed by atoms with Crippen molar-refractivity contribution >= 4 is 11.6 Å². The fourth-order valence-corrected chi connectivity index (χ4v) is 2.11. The highest BCUT2D eigenvalue weighted by atomic mass is 35.5. The van der Waals surface area contributed by atoms with Gasteiger partial charge in [0.1, 0.15) is 0 Å². The number of hydrogen-bond donors (Lipinski definition) is 1. The third kappa shape index (κ3) is 4.66. The molecule has 0 aliphatic carbocycles. The normalized spacial score (nSPS) is 16.5. The Kier molecular flexibility index (Phi) is 5.96. The summed E-state index contributed by atoms with van der Waals surface area (Å²) >= 11 is 5.99. The molecule has 2 nitrogen and oxygen atoms in total. The molecule has 17 heavy (non-hydrogen) atoms. The average Bonchev–Trinajstić information content (AvgIpc) is 2.26.